The number of esters is 1. The van der Waals surface area contributed by atoms with Crippen molar-refractivity contribution >= 4 is 28.3 Å². The molecule has 0 spiro atoms. The number of ether oxygens (including phenoxy) is 1. The summed E-state index contributed by atoms with van der Waals surface area (Å²) in [5, 5.41) is 8.69. The van der Waals surface area contributed by atoms with Gasteiger partial charge in [-0.3, -0.25) is 9.78 Å². The van der Waals surface area contributed by atoms with Gasteiger partial charge in [0.05, 0.1) is 24.7 Å². The number of hydrogen-bond donors (Lipinski definition) is 1. The number of carbonyl (C=O) groups excluding carboxylic acids is 2. The van der Waals surface area contributed by atoms with Crippen LogP contribution in [0.1, 0.15) is 20.8 Å². The van der Waals surface area contributed by atoms with Gasteiger partial charge in [-0.25, -0.2) is 19.3 Å². The molecule has 0 unspecified atom stereocenters. The Morgan fingerprint density at radius 2 is 1.88 bits per heavy atom. The second-order valence-electron chi connectivity index (χ2n) is 7.24. The first-order chi connectivity index (χ1) is 16.1. The van der Waals surface area contributed by atoms with Gasteiger partial charge in [0.2, 0.25) is 0 Å². The molecular formula is C24H18N6O3. The van der Waals surface area contributed by atoms with Crippen molar-refractivity contribution in [1.29, 1.82) is 0 Å². The Balaban J connectivity index is 1.57. The molecule has 0 fully saturated rings. The lowest BCUT2D eigenvalue weighted by Crippen LogP contribution is -2.17. The highest BCUT2D eigenvalue weighted by molar-refractivity contribution is 6.00. The highest BCUT2D eigenvalue weighted by Gasteiger charge is 2.15. The van der Waals surface area contributed by atoms with E-state index in [2.05, 4.69) is 20.4 Å². The Morgan fingerprint density at radius 1 is 1.00 bits per heavy atom. The summed E-state index contributed by atoms with van der Waals surface area (Å²) in [7, 11) is 2.89. The number of rotatable bonds is 4. The van der Waals surface area contributed by atoms with Crippen LogP contribution in [0.25, 0.3) is 38.9 Å². The fraction of sp³-hybridized carbons (Fsp3) is 0.0833. The molecule has 33 heavy (non-hydrogen) atoms. The molecule has 0 aliphatic rings. The largest absolute Gasteiger partial charge is 0.464 e. The van der Waals surface area contributed by atoms with E-state index in [-0.39, 0.29) is 11.6 Å². The van der Waals surface area contributed by atoms with Gasteiger partial charge < -0.3 is 10.1 Å². The normalized spacial score (nSPS) is 11.0. The lowest BCUT2D eigenvalue weighted by molar-refractivity contribution is 0.0594. The smallest absolute Gasteiger partial charge is 0.356 e. The van der Waals surface area contributed by atoms with Crippen LogP contribution in [0.4, 0.5) is 0 Å². The summed E-state index contributed by atoms with van der Waals surface area (Å²) in [6.45, 7) is 0. The van der Waals surface area contributed by atoms with Gasteiger partial charge in [-0.2, -0.15) is 5.10 Å². The van der Waals surface area contributed by atoms with Crippen molar-refractivity contribution in [2.45, 2.75) is 0 Å². The molecule has 4 aromatic heterocycles. The topological polar surface area (TPSA) is 111 Å². The molecule has 0 aliphatic carbocycles. The fourth-order valence-corrected chi connectivity index (χ4v) is 3.64. The predicted molar refractivity (Wildman–Crippen MR) is 122 cm³/mol. The lowest BCUT2D eigenvalue weighted by atomic mass is 10.0. The van der Waals surface area contributed by atoms with Crippen molar-refractivity contribution in [3.8, 4) is 22.5 Å². The number of nitrogens with one attached hydrogen (secondary N) is 1. The molecule has 0 bridgehead atoms. The monoisotopic (exact) mass is 438 g/mol. The average molecular weight is 438 g/mol. The van der Waals surface area contributed by atoms with Crippen LogP contribution in [0.3, 0.4) is 0 Å². The van der Waals surface area contributed by atoms with Gasteiger partial charge in [-0.1, -0.05) is 18.2 Å². The first kappa shape index (κ1) is 20.3. The molecule has 9 heteroatoms. The van der Waals surface area contributed by atoms with E-state index in [1.165, 1.54) is 13.3 Å². The molecule has 5 rings (SSSR count). The molecule has 1 amide bonds. The van der Waals surface area contributed by atoms with Gasteiger partial charge >= 0.3 is 5.97 Å². The number of amides is 1. The minimum absolute atomic E-state index is 0.238. The van der Waals surface area contributed by atoms with Crippen molar-refractivity contribution in [2.75, 3.05) is 14.2 Å². The average Bonchev–Trinajstić information content (AvgIpc) is 3.30. The highest BCUT2D eigenvalue weighted by atomic mass is 16.5. The SMILES string of the molecule is CNC(=O)c1cnn2ccc(-c3cccc4cc(-c5ccc(C(=O)OC)nc5)ncc34)nc12. The maximum Gasteiger partial charge on any atom is 0.356 e. The Morgan fingerprint density at radius 3 is 2.64 bits per heavy atom. The molecule has 0 saturated heterocycles. The van der Waals surface area contributed by atoms with Gasteiger partial charge in [0.1, 0.15) is 11.3 Å². The standard InChI is InChI=1S/C24H18N6O3/c1-25-23(31)18-13-28-30-9-8-19(29-22(18)30)16-5-3-4-14-10-21(27-12-17(14)16)15-6-7-20(26-11-15)24(32)33-2/h3-13H,1-2H3,(H,25,31). The van der Waals surface area contributed by atoms with E-state index >= 15 is 0 Å². The fourth-order valence-electron chi connectivity index (χ4n) is 3.64. The van der Waals surface area contributed by atoms with Crippen molar-refractivity contribution in [2.24, 2.45) is 0 Å². The first-order valence-electron chi connectivity index (χ1n) is 10.1. The van der Waals surface area contributed by atoms with E-state index in [1.54, 1.807) is 42.3 Å². The zero-order chi connectivity index (χ0) is 22.9. The number of hydrogen-bond acceptors (Lipinski definition) is 7. The summed E-state index contributed by atoms with van der Waals surface area (Å²) in [5.41, 5.74) is 4.22. The third-order valence-corrected chi connectivity index (χ3v) is 5.34. The summed E-state index contributed by atoms with van der Waals surface area (Å²) < 4.78 is 6.26. The van der Waals surface area contributed by atoms with Crippen LogP contribution in [-0.2, 0) is 4.74 Å². The predicted octanol–water partition coefficient (Wildman–Crippen LogP) is 3.15. The number of pyridine rings is 2. The number of benzene rings is 1. The van der Waals surface area contributed by atoms with E-state index in [0.29, 0.717) is 16.9 Å². The van der Waals surface area contributed by atoms with E-state index in [4.69, 9.17) is 9.72 Å². The quantitative estimate of drug-likeness (QED) is 0.429. The van der Waals surface area contributed by atoms with Gasteiger partial charge in [0, 0.05) is 42.2 Å². The summed E-state index contributed by atoms with van der Waals surface area (Å²) in [6.07, 6.45) is 6.66. The minimum Gasteiger partial charge on any atom is -0.464 e. The Bertz CT molecular complexity index is 1530. The third-order valence-electron chi connectivity index (χ3n) is 5.34. The highest BCUT2D eigenvalue weighted by Crippen LogP contribution is 2.30. The number of fused-ring (bicyclic) bond motifs is 2. The molecule has 5 aromatic rings. The minimum atomic E-state index is -0.486. The van der Waals surface area contributed by atoms with Gasteiger partial charge in [0.15, 0.2) is 5.65 Å². The molecule has 1 aromatic carbocycles. The van der Waals surface area contributed by atoms with Crippen LogP contribution in [0.15, 0.2) is 67.3 Å². The first-order valence-corrected chi connectivity index (χ1v) is 10.1. The molecule has 0 saturated carbocycles. The maximum absolute atomic E-state index is 12.2. The molecule has 0 radical (unpaired) electrons. The van der Waals surface area contributed by atoms with Gasteiger partial charge in [-0.15, -0.1) is 0 Å². The number of nitrogens with zero attached hydrogens (tertiary/aromatic N) is 5. The Hall–Kier alpha value is -4.66. The van der Waals surface area contributed by atoms with E-state index in [0.717, 1.165) is 27.6 Å². The van der Waals surface area contributed by atoms with E-state index in [9.17, 15) is 9.59 Å². The molecule has 4 heterocycles. The summed E-state index contributed by atoms with van der Waals surface area (Å²) in [6, 6.07) is 13.1. The molecule has 0 atom stereocenters. The summed E-state index contributed by atoms with van der Waals surface area (Å²) >= 11 is 0. The summed E-state index contributed by atoms with van der Waals surface area (Å²) in [5.74, 6) is -0.731. The summed E-state index contributed by atoms with van der Waals surface area (Å²) in [4.78, 5) is 37.2. The van der Waals surface area contributed by atoms with Crippen molar-refractivity contribution < 1.29 is 14.3 Å². The maximum atomic E-state index is 12.2. The van der Waals surface area contributed by atoms with Crippen LogP contribution in [0, 0.1) is 0 Å². The third kappa shape index (κ3) is 3.55. The number of aromatic nitrogens is 5. The lowest BCUT2D eigenvalue weighted by Gasteiger charge is -2.09. The zero-order valence-corrected chi connectivity index (χ0v) is 17.8. The molecule has 0 aliphatic heterocycles. The van der Waals surface area contributed by atoms with E-state index in [1.807, 2.05) is 30.3 Å². The van der Waals surface area contributed by atoms with Gasteiger partial charge in [0.25, 0.3) is 5.91 Å². The van der Waals surface area contributed by atoms with Crippen molar-refractivity contribution in [3.05, 3.63) is 78.5 Å². The van der Waals surface area contributed by atoms with Crippen LogP contribution >= 0.6 is 0 Å². The second kappa shape index (κ2) is 8.12. The Labute approximate surface area is 188 Å². The number of methoxy groups -OCH3 is 1. The molecule has 9 nitrogen and oxygen atoms in total. The van der Waals surface area contributed by atoms with Crippen LogP contribution < -0.4 is 5.32 Å². The van der Waals surface area contributed by atoms with Gasteiger partial charge in [-0.05, 0) is 29.7 Å². The molecule has 162 valence electrons. The van der Waals surface area contributed by atoms with E-state index < -0.39 is 5.97 Å². The molecular weight excluding hydrogens is 420 g/mol. The van der Waals surface area contributed by atoms with Crippen molar-refractivity contribution in [1.82, 2.24) is 29.9 Å². The number of carbonyl (C=O) groups is 2. The van der Waals surface area contributed by atoms with Crippen molar-refractivity contribution in [3.63, 3.8) is 0 Å². The zero-order valence-electron chi connectivity index (χ0n) is 17.8. The molecule has 1 N–H and O–H groups in total. The second-order valence-corrected chi connectivity index (χ2v) is 7.24. The van der Waals surface area contributed by atoms with Crippen LogP contribution in [-0.4, -0.2) is 50.6 Å². The van der Waals surface area contributed by atoms with Crippen LogP contribution in [0.2, 0.25) is 0 Å². The van der Waals surface area contributed by atoms with Crippen LogP contribution in [0.5, 0.6) is 0 Å². The Kier molecular flexibility index (Phi) is 4.98.